The zero-order valence-electron chi connectivity index (χ0n) is 11.1. The number of rotatable bonds is 1. The van der Waals surface area contributed by atoms with Crippen molar-refractivity contribution < 1.29 is 0 Å². The van der Waals surface area contributed by atoms with Gasteiger partial charge in [0, 0.05) is 10.9 Å². The first-order valence-corrected chi connectivity index (χ1v) is 6.67. The first-order valence-electron chi connectivity index (χ1n) is 6.67. The van der Waals surface area contributed by atoms with Crippen LogP contribution in [0.5, 0.6) is 0 Å². The van der Waals surface area contributed by atoms with Crippen molar-refractivity contribution in [2.75, 3.05) is 0 Å². The smallest absolute Gasteiger partial charge is 0.258 e. The summed E-state index contributed by atoms with van der Waals surface area (Å²) in [5.74, 6) is 0. The maximum absolute atomic E-state index is 12.3. The quantitative estimate of drug-likeness (QED) is 0.542. The van der Waals surface area contributed by atoms with Crippen LogP contribution in [0.25, 0.3) is 33.1 Å². The number of H-pyrrole nitrogens is 1. The number of hydrogen-bond donors (Lipinski definition) is 1. The van der Waals surface area contributed by atoms with E-state index in [-0.39, 0.29) is 5.56 Å². The van der Waals surface area contributed by atoms with E-state index in [1.165, 1.54) is 0 Å². The van der Waals surface area contributed by atoms with Gasteiger partial charge in [0.25, 0.3) is 5.56 Å². The molecule has 0 saturated heterocycles. The molecule has 2 aromatic carbocycles. The van der Waals surface area contributed by atoms with E-state index in [4.69, 9.17) is 0 Å². The highest BCUT2D eigenvalue weighted by atomic mass is 16.1. The molecule has 4 rings (SSSR count). The number of pyridine rings is 1. The van der Waals surface area contributed by atoms with E-state index in [1.54, 1.807) is 6.07 Å². The van der Waals surface area contributed by atoms with Gasteiger partial charge in [-0.1, -0.05) is 48.5 Å². The lowest BCUT2D eigenvalue weighted by atomic mass is 10.1. The van der Waals surface area contributed by atoms with Crippen LogP contribution in [0, 0.1) is 0 Å². The molecule has 0 bridgehead atoms. The van der Waals surface area contributed by atoms with Crippen LogP contribution in [0.3, 0.4) is 0 Å². The molecule has 4 aromatic rings. The average molecular weight is 273 g/mol. The van der Waals surface area contributed by atoms with Crippen LogP contribution in [-0.4, -0.2) is 15.2 Å². The van der Waals surface area contributed by atoms with Crippen molar-refractivity contribution in [2.24, 2.45) is 0 Å². The lowest BCUT2D eigenvalue weighted by Crippen LogP contribution is -2.08. The highest BCUT2D eigenvalue weighted by Gasteiger charge is 2.09. The van der Waals surface area contributed by atoms with E-state index in [0.717, 1.165) is 16.5 Å². The van der Waals surface area contributed by atoms with Gasteiger partial charge in [-0.3, -0.25) is 4.79 Å². The first kappa shape index (κ1) is 11.8. The molecule has 2 aromatic heterocycles. The van der Waals surface area contributed by atoms with Crippen molar-refractivity contribution in [2.45, 2.75) is 0 Å². The number of hydrogen-bond acceptors (Lipinski definition) is 3. The molecule has 0 spiro atoms. The fourth-order valence-electron chi connectivity index (χ4n) is 2.50. The van der Waals surface area contributed by atoms with Crippen molar-refractivity contribution in [3.8, 4) is 11.3 Å². The van der Waals surface area contributed by atoms with Crippen LogP contribution >= 0.6 is 0 Å². The van der Waals surface area contributed by atoms with Gasteiger partial charge in [0.2, 0.25) is 0 Å². The standard InChI is InChI=1S/C17H11N3O/c21-17-13-10-15(11-6-2-1-3-7-11)19-20-16(13)12-8-4-5-9-14(12)18-17/h1-10H,(H,18,21). The Morgan fingerprint density at radius 2 is 1.57 bits per heavy atom. The summed E-state index contributed by atoms with van der Waals surface area (Å²) in [7, 11) is 0. The molecule has 4 nitrogen and oxygen atoms in total. The second-order valence-corrected chi connectivity index (χ2v) is 4.86. The Morgan fingerprint density at radius 3 is 2.43 bits per heavy atom. The SMILES string of the molecule is O=c1[nH]c2ccccc2c2nnc(-c3ccccc3)cc12. The third-order valence-corrected chi connectivity index (χ3v) is 3.54. The minimum absolute atomic E-state index is 0.143. The van der Waals surface area contributed by atoms with Crippen LogP contribution in [0.2, 0.25) is 0 Å². The molecule has 0 aliphatic heterocycles. The molecule has 2 heterocycles. The molecule has 0 fully saturated rings. The van der Waals surface area contributed by atoms with Gasteiger partial charge in [-0.15, -0.1) is 10.2 Å². The molecular weight excluding hydrogens is 262 g/mol. The Hall–Kier alpha value is -3.01. The van der Waals surface area contributed by atoms with Crippen LogP contribution < -0.4 is 5.56 Å². The zero-order valence-corrected chi connectivity index (χ0v) is 11.1. The topological polar surface area (TPSA) is 58.6 Å². The number of aromatic amines is 1. The molecule has 0 unspecified atom stereocenters. The molecule has 21 heavy (non-hydrogen) atoms. The van der Waals surface area contributed by atoms with Crippen LogP contribution in [0.15, 0.2) is 65.5 Å². The monoisotopic (exact) mass is 273 g/mol. The second kappa shape index (κ2) is 4.52. The Labute approximate surface area is 120 Å². The van der Waals surface area contributed by atoms with Crippen LogP contribution in [0.1, 0.15) is 0 Å². The molecule has 1 N–H and O–H groups in total. The molecule has 0 atom stereocenters. The fourth-order valence-corrected chi connectivity index (χ4v) is 2.50. The summed E-state index contributed by atoms with van der Waals surface area (Å²) in [4.78, 5) is 15.1. The third-order valence-electron chi connectivity index (χ3n) is 3.54. The Morgan fingerprint density at radius 1 is 0.810 bits per heavy atom. The van der Waals surface area contributed by atoms with E-state index in [0.29, 0.717) is 16.6 Å². The van der Waals surface area contributed by atoms with Crippen LogP contribution in [-0.2, 0) is 0 Å². The van der Waals surface area contributed by atoms with E-state index in [9.17, 15) is 4.79 Å². The van der Waals surface area contributed by atoms with Gasteiger partial charge < -0.3 is 4.98 Å². The van der Waals surface area contributed by atoms with Gasteiger partial charge in [0.15, 0.2) is 0 Å². The van der Waals surface area contributed by atoms with E-state index in [2.05, 4.69) is 15.2 Å². The fraction of sp³-hybridized carbons (Fsp3) is 0. The van der Waals surface area contributed by atoms with Gasteiger partial charge >= 0.3 is 0 Å². The van der Waals surface area contributed by atoms with Gasteiger partial charge in [-0.25, -0.2) is 0 Å². The third kappa shape index (κ3) is 1.89. The number of fused-ring (bicyclic) bond motifs is 3. The highest BCUT2D eigenvalue weighted by molar-refractivity contribution is 6.03. The van der Waals surface area contributed by atoms with Crippen molar-refractivity contribution in [3.63, 3.8) is 0 Å². The minimum Gasteiger partial charge on any atom is -0.321 e. The molecule has 0 radical (unpaired) electrons. The van der Waals surface area contributed by atoms with Crippen LogP contribution in [0.4, 0.5) is 0 Å². The van der Waals surface area contributed by atoms with Crippen molar-refractivity contribution in [1.29, 1.82) is 0 Å². The number of nitrogens with one attached hydrogen (secondary N) is 1. The van der Waals surface area contributed by atoms with Crippen molar-refractivity contribution >= 4 is 21.8 Å². The van der Waals surface area contributed by atoms with Gasteiger partial charge in [0.1, 0.15) is 5.52 Å². The normalized spacial score (nSPS) is 11.0. The Kier molecular flexibility index (Phi) is 2.54. The predicted octanol–water partition coefficient (Wildman–Crippen LogP) is 3.14. The predicted molar refractivity (Wildman–Crippen MR) is 83.1 cm³/mol. The van der Waals surface area contributed by atoms with E-state index >= 15 is 0 Å². The Balaban J connectivity index is 2.07. The maximum atomic E-state index is 12.3. The zero-order chi connectivity index (χ0) is 14.2. The summed E-state index contributed by atoms with van der Waals surface area (Å²) in [6.07, 6.45) is 0. The molecule has 0 saturated carbocycles. The number of benzene rings is 2. The minimum atomic E-state index is -0.143. The lowest BCUT2D eigenvalue weighted by Gasteiger charge is -2.04. The number of aromatic nitrogens is 3. The lowest BCUT2D eigenvalue weighted by molar-refractivity contribution is 1.08. The molecular formula is C17H11N3O. The Bertz CT molecular complexity index is 1010. The summed E-state index contributed by atoms with van der Waals surface area (Å²) >= 11 is 0. The molecule has 0 amide bonds. The molecule has 100 valence electrons. The largest absolute Gasteiger partial charge is 0.321 e. The van der Waals surface area contributed by atoms with E-state index < -0.39 is 0 Å². The number of nitrogens with zero attached hydrogens (tertiary/aromatic N) is 2. The van der Waals surface area contributed by atoms with Gasteiger partial charge in [-0.05, 0) is 12.1 Å². The summed E-state index contributed by atoms with van der Waals surface area (Å²) < 4.78 is 0. The first-order chi connectivity index (χ1) is 10.3. The van der Waals surface area contributed by atoms with E-state index in [1.807, 2.05) is 54.6 Å². The number of para-hydroxylation sites is 1. The van der Waals surface area contributed by atoms with Crippen molar-refractivity contribution in [3.05, 3.63) is 71.0 Å². The van der Waals surface area contributed by atoms with Crippen molar-refractivity contribution in [1.82, 2.24) is 15.2 Å². The molecule has 4 heteroatoms. The maximum Gasteiger partial charge on any atom is 0.258 e. The molecule has 0 aliphatic carbocycles. The summed E-state index contributed by atoms with van der Waals surface area (Å²) in [5, 5.41) is 10.0. The summed E-state index contributed by atoms with van der Waals surface area (Å²) in [5.41, 5.74) is 2.91. The molecule has 0 aliphatic rings. The second-order valence-electron chi connectivity index (χ2n) is 4.86. The average Bonchev–Trinajstić information content (AvgIpc) is 2.55. The van der Waals surface area contributed by atoms with Gasteiger partial charge in [0.05, 0.1) is 16.6 Å². The summed E-state index contributed by atoms with van der Waals surface area (Å²) in [6.45, 7) is 0. The van der Waals surface area contributed by atoms with Gasteiger partial charge in [-0.2, -0.15) is 0 Å². The summed E-state index contributed by atoms with van der Waals surface area (Å²) in [6, 6.07) is 19.1. The highest BCUT2D eigenvalue weighted by Crippen LogP contribution is 2.22.